The van der Waals surface area contributed by atoms with Crippen molar-refractivity contribution in [1.82, 2.24) is 19.4 Å². The molecule has 1 aliphatic heterocycles. The number of carbonyl (C=O) groups excluding carboxylic acids is 1. The standard InChI is InChI=1S/C22H26N4OS/c1-16-15-24-21(19-5-10-23-11-6-19)26(16)14-9-18-7-12-25(13-8-18)22(27)20-4-3-17(2)28-20/h3-6,10-11,15,18H,7-9,12-14H2,1-2H3. The Bertz CT molecular complexity index is 939. The highest BCUT2D eigenvalue weighted by molar-refractivity contribution is 7.13. The minimum atomic E-state index is 0.196. The molecule has 146 valence electrons. The second-order valence-corrected chi connectivity index (χ2v) is 8.83. The molecule has 1 fully saturated rings. The van der Waals surface area contributed by atoms with Crippen molar-refractivity contribution in [2.24, 2.45) is 5.92 Å². The summed E-state index contributed by atoms with van der Waals surface area (Å²) >= 11 is 1.59. The first-order chi connectivity index (χ1) is 13.6. The molecule has 0 radical (unpaired) electrons. The number of imidazole rings is 1. The van der Waals surface area contributed by atoms with Gasteiger partial charge >= 0.3 is 0 Å². The summed E-state index contributed by atoms with van der Waals surface area (Å²) in [6.45, 7) is 6.85. The zero-order chi connectivity index (χ0) is 19.5. The van der Waals surface area contributed by atoms with E-state index in [2.05, 4.69) is 21.5 Å². The van der Waals surface area contributed by atoms with Crippen molar-refractivity contribution in [3.8, 4) is 11.4 Å². The van der Waals surface area contributed by atoms with Crippen LogP contribution in [0.3, 0.4) is 0 Å². The summed E-state index contributed by atoms with van der Waals surface area (Å²) in [7, 11) is 0. The molecule has 5 nitrogen and oxygen atoms in total. The second-order valence-electron chi connectivity index (χ2n) is 7.55. The number of piperidine rings is 1. The number of aryl methyl sites for hydroxylation is 2. The highest BCUT2D eigenvalue weighted by Gasteiger charge is 2.24. The zero-order valence-electron chi connectivity index (χ0n) is 16.5. The maximum absolute atomic E-state index is 12.6. The van der Waals surface area contributed by atoms with E-state index in [9.17, 15) is 4.79 Å². The highest BCUT2D eigenvalue weighted by atomic mass is 32.1. The predicted octanol–water partition coefficient (Wildman–Crippen LogP) is 4.57. The summed E-state index contributed by atoms with van der Waals surface area (Å²) in [4.78, 5) is 25.4. The molecule has 1 saturated heterocycles. The largest absolute Gasteiger partial charge is 0.338 e. The first-order valence-electron chi connectivity index (χ1n) is 9.90. The highest BCUT2D eigenvalue weighted by Crippen LogP contribution is 2.26. The van der Waals surface area contributed by atoms with Crippen LogP contribution in [0.1, 0.15) is 39.5 Å². The van der Waals surface area contributed by atoms with Crippen LogP contribution in [0.25, 0.3) is 11.4 Å². The normalized spacial score (nSPS) is 15.1. The molecule has 0 unspecified atom stereocenters. The maximum atomic E-state index is 12.6. The van der Waals surface area contributed by atoms with Gasteiger partial charge in [-0.2, -0.15) is 0 Å². The lowest BCUT2D eigenvalue weighted by Crippen LogP contribution is -2.38. The molecule has 0 aromatic carbocycles. The Hall–Kier alpha value is -2.47. The molecule has 0 N–H and O–H groups in total. The van der Waals surface area contributed by atoms with Gasteiger partial charge in [0.1, 0.15) is 5.82 Å². The maximum Gasteiger partial charge on any atom is 0.263 e. The first kappa shape index (κ1) is 18.9. The van der Waals surface area contributed by atoms with E-state index >= 15 is 0 Å². The Morgan fingerprint density at radius 1 is 1.14 bits per heavy atom. The topological polar surface area (TPSA) is 51.0 Å². The van der Waals surface area contributed by atoms with Gasteiger partial charge in [-0.3, -0.25) is 9.78 Å². The van der Waals surface area contributed by atoms with Crippen molar-refractivity contribution >= 4 is 17.2 Å². The Morgan fingerprint density at radius 2 is 1.89 bits per heavy atom. The fourth-order valence-corrected chi connectivity index (χ4v) is 4.75. The SMILES string of the molecule is Cc1ccc(C(=O)N2CCC(CCn3c(C)cnc3-c3ccncc3)CC2)s1. The Kier molecular flexibility index (Phi) is 5.57. The molecule has 0 aliphatic carbocycles. The summed E-state index contributed by atoms with van der Waals surface area (Å²) in [5.41, 5.74) is 2.29. The van der Waals surface area contributed by atoms with Gasteiger partial charge in [-0.05, 0) is 63.3 Å². The number of carbonyl (C=O) groups is 1. The van der Waals surface area contributed by atoms with Crippen molar-refractivity contribution in [3.05, 3.63) is 58.3 Å². The number of likely N-dealkylation sites (tertiary alicyclic amines) is 1. The summed E-state index contributed by atoms with van der Waals surface area (Å²) < 4.78 is 2.31. The van der Waals surface area contributed by atoms with Gasteiger partial charge in [-0.25, -0.2) is 4.98 Å². The van der Waals surface area contributed by atoms with Crippen molar-refractivity contribution < 1.29 is 4.79 Å². The molecular weight excluding hydrogens is 368 g/mol. The van der Waals surface area contributed by atoms with Gasteiger partial charge in [0, 0.05) is 54.4 Å². The molecule has 3 aromatic heterocycles. The third-order valence-corrected chi connectivity index (χ3v) is 6.60. The van der Waals surface area contributed by atoms with Crippen LogP contribution < -0.4 is 0 Å². The predicted molar refractivity (Wildman–Crippen MR) is 112 cm³/mol. The molecule has 0 atom stereocenters. The molecule has 1 aliphatic rings. The van der Waals surface area contributed by atoms with Crippen molar-refractivity contribution in [2.45, 2.75) is 39.7 Å². The first-order valence-corrected chi connectivity index (χ1v) is 10.7. The monoisotopic (exact) mass is 394 g/mol. The average molecular weight is 395 g/mol. The van der Waals surface area contributed by atoms with Crippen LogP contribution in [0.4, 0.5) is 0 Å². The minimum absolute atomic E-state index is 0.196. The number of nitrogens with zero attached hydrogens (tertiary/aromatic N) is 4. The molecule has 6 heteroatoms. The third-order valence-electron chi connectivity index (χ3n) is 5.61. The summed E-state index contributed by atoms with van der Waals surface area (Å²) in [6.07, 6.45) is 8.84. The number of hydrogen-bond donors (Lipinski definition) is 0. The zero-order valence-corrected chi connectivity index (χ0v) is 17.3. The minimum Gasteiger partial charge on any atom is -0.338 e. The molecule has 0 spiro atoms. The molecule has 1 amide bonds. The number of amides is 1. The van der Waals surface area contributed by atoms with Crippen LogP contribution in [0, 0.1) is 19.8 Å². The van der Waals surface area contributed by atoms with E-state index < -0.39 is 0 Å². The number of hydrogen-bond acceptors (Lipinski definition) is 4. The lowest BCUT2D eigenvalue weighted by atomic mass is 9.93. The summed E-state index contributed by atoms with van der Waals surface area (Å²) in [5, 5.41) is 0. The van der Waals surface area contributed by atoms with E-state index in [0.29, 0.717) is 5.92 Å². The van der Waals surface area contributed by atoms with Crippen LogP contribution in [0.2, 0.25) is 0 Å². The van der Waals surface area contributed by atoms with Crippen molar-refractivity contribution in [2.75, 3.05) is 13.1 Å². The van der Waals surface area contributed by atoms with E-state index in [4.69, 9.17) is 0 Å². The van der Waals surface area contributed by atoms with Crippen molar-refractivity contribution in [3.63, 3.8) is 0 Å². The van der Waals surface area contributed by atoms with Crippen LogP contribution >= 0.6 is 11.3 Å². The van der Waals surface area contributed by atoms with Gasteiger partial charge in [-0.1, -0.05) is 0 Å². The lowest BCUT2D eigenvalue weighted by molar-refractivity contribution is 0.0690. The quantitative estimate of drug-likeness (QED) is 0.637. The van der Waals surface area contributed by atoms with Crippen LogP contribution in [-0.4, -0.2) is 38.4 Å². The number of thiophene rings is 1. The van der Waals surface area contributed by atoms with E-state index in [1.165, 1.54) is 10.6 Å². The van der Waals surface area contributed by atoms with Crippen LogP contribution in [0.5, 0.6) is 0 Å². The molecule has 28 heavy (non-hydrogen) atoms. The van der Waals surface area contributed by atoms with Gasteiger partial charge in [-0.15, -0.1) is 11.3 Å². The molecule has 4 rings (SSSR count). The average Bonchev–Trinajstić information content (AvgIpc) is 3.32. The Morgan fingerprint density at radius 3 is 2.57 bits per heavy atom. The van der Waals surface area contributed by atoms with Crippen molar-refractivity contribution in [1.29, 1.82) is 0 Å². The van der Waals surface area contributed by atoms with Crippen LogP contribution in [-0.2, 0) is 6.54 Å². The van der Waals surface area contributed by atoms with Gasteiger partial charge < -0.3 is 9.47 Å². The Balaban J connectivity index is 1.34. The van der Waals surface area contributed by atoms with Gasteiger partial charge in [0.05, 0.1) is 4.88 Å². The summed E-state index contributed by atoms with van der Waals surface area (Å²) in [6, 6.07) is 8.00. The number of pyridine rings is 1. The number of rotatable bonds is 5. The van der Waals surface area contributed by atoms with Gasteiger partial charge in [0.25, 0.3) is 5.91 Å². The van der Waals surface area contributed by atoms with E-state index in [-0.39, 0.29) is 5.91 Å². The van der Waals surface area contributed by atoms with E-state index in [1.54, 1.807) is 11.3 Å². The van der Waals surface area contributed by atoms with Gasteiger partial charge in [0.2, 0.25) is 0 Å². The summed E-state index contributed by atoms with van der Waals surface area (Å²) in [5.74, 6) is 1.86. The third kappa shape index (κ3) is 4.02. The smallest absolute Gasteiger partial charge is 0.263 e. The fourth-order valence-electron chi connectivity index (χ4n) is 3.92. The van der Waals surface area contributed by atoms with E-state index in [1.807, 2.05) is 54.7 Å². The number of aromatic nitrogens is 3. The Labute approximate surface area is 170 Å². The molecule has 3 aromatic rings. The van der Waals surface area contributed by atoms with E-state index in [0.717, 1.165) is 55.2 Å². The molecule has 4 heterocycles. The lowest BCUT2D eigenvalue weighted by Gasteiger charge is -2.32. The second kappa shape index (κ2) is 8.27. The van der Waals surface area contributed by atoms with Gasteiger partial charge in [0.15, 0.2) is 0 Å². The van der Waals surface area contributed by atoms with Crippen LogP contribution in [0.15, 0.2) is 42.9 Å². The molecule has 0 saturated carbocycles. The molecular formula is C22H26N4OS. The molecule has 0 bridgehead atoms. The fraction of sp³-hybridized carbons (Fsp3) is 0.409.